The van der Waals surface area contributed by atoms with Crippen molar-refractivity contribution in [3.8, 4) is 17.2 Å². The van der Waals surface area contributed by atoms with Gasteiger partial charge in [-0.25, -0.2) is 9.37 Å². The van der Waals surface area contributed by atoms with Gasteiger partial charge < -0.3 is 9.52 Å². The lowest BCUT2D eigenvalue weighted by Gasteiger charge is -2.50. The molecule has 4 aromatic rings. The van der Waals surface area contributed by atoms with Gasteiger partial charge in [0.2, 0.25) is 17.7 Å². The molecule has 3 heterocycles. The number of alkyl halides is 2. The van der Waals surface area contributed by atoms with Gasteiger partial charge in [0.15, 0.2) is 26.9 Å². The predicted molar refractivity (Wildman–Crippen MR) is 165 cm³/mol. The number of para-hydroxylation sites is 2. The van der Waals surface area contributed by atoms with E-state index in [2.05, 4.69) is 4.98 Å². The fourth-order valence-electron chi connectivity index (χ4n) is 7.82. The summed E-state index contributed by atoms with van der Waals surface area (Å²) in [7, 11) is 1.28. The second-order valence-electron chi connectivity index (χ2n) is 12.3. The number of phenolic OH excluding ortho intramolecular Hbond substituents is 1. The largest absolute Gasteiger partial charge is 0.505 e. The Labute approximate surface area is 271 Å². The van der Waals surface area contributed by atoms with Crippen molar-refractivity contribution in [1.82, 2.24) is 9.88 Å². The van der Waals surface area contributed by atoms with E-state index < -0.39 is 68.6 Å². The number of nitrogens with zero attached hydrogens (tertiary/aromatic N) is 3. The fraction of sp³-hybridized carbons (Fsp3) is 0.265. The second-order valence-corrected chi connectivity index (χ2v) is 13.5. The maximum absolute atomic E-state index is 14.7. The highest BCUT2D eigenvalue weighted by Crippen LogP contribution is 2.65. The van der Waals surface area contributed by atoms with Gasteiger partial charge in [0.25, 0.3) is 11.8 Å². The highest BCUT2D eigenvalue weighted by atomic mass is 35.5. The molecule has 0 bridgehead atoms. The van der Waals surface area contributed by atoms with Gasteiger partial charge in [0.1, 0.15) is 5.52 Å². The van der Waals surface area contributed by atoms with Crippen molar-refractivity contribution in [3.63, 3.8) is 0 Å². The van der Waals surface area contributed by atoms with Crippen LogP contribution in [-0.4, -0.2) is 55.4 Å². The topological polar surface area (TPSA) is 121 Å². The lowest BCUT2D eigenvalue weighted by molar-refractivity contribution is -0.138. The van der Waals surface area contributed by atoms with Crippen molar-refractivity contribution in [2.24, 2.45) is 17.8 Å². The van der Waals surface area contributed by atoms with E-state index in [0.29, 0.717) is 33.8 Å². The Balaban J connectivity index is 1.18. The van der Waals surface area contributed by atoms with Crippen molar-refractivity contribution in [2.45, 2.75) is 28.5 Å². The first-order valence-electron chi connectivity index (χ1n) is 14.7. The Kier molecular flexibility index (Phi) is 6.11. The number of allylic oxidation sites excluding steroid dienone is 2. The molecular weight excluding hydrogens is 636 g/mol. The number of hydrogen-bond acceptors (Lipinski definition) is 7. The van der Waals surface area contributed by atoms with Crippen LogP contribution in [0.2, 0.25) is 0 Å². The van der Waals surface area contributed by atoms with Crippen molar-refractivity contribution in [1.29, 1.82) is 0 Å². The summed E-state index contributed by atoms with van der Waals surface area (Å²) in [5.41, 5.74) is 3.09. The molecule has 1 aromatic heterocycles. The number of oxazole rings is 1. The summed E-state index contributed by atoms with van der Waals surface area (Å²) >= 11 is 14.2. The van der Waals surface area contributed by atoms with Crippen LogP contribution in [0, 0.1) is 23.6 Å². The van der Waals surface area contributed by atoms with E-state index >= 15 is 0 Å². The maximum atomic E-state index is 14.7. The first-order valence-corrected chi connectivity index (χ1v) is 15.4. The number of benzene rings is 3. The SMILES string of the molecule is CN1C(=O)C2(Cl)CC3C(=CCC4C(=O)N(c5ccc(-c6nc7ccccc7o6)cc5)C(=O)C43)C(c3ccc(O)c(F)c3)C2(Cl)C1=O. The van der Waals surface area contributed by atoms with E-state index in [9.17, 15) is 28.7 Å². The van der Waals surface area contributed by atoms with Crippen molar-refractivity contribution >= 4 is 63.6 Å². The molecule has 0 radical (unpaired) electrons. The zero-order valence-electron chi connectivity index (χ0n) is 24.1. The molecule has 46 heavy (non-hydrogen) atoms. The summed E-state index contributed by atoms with van der Waals surface area (Å²) < 4.78 is 20.6. The highest BCUT2D eigenvalue weighted by Gasteiger charge is 2.75. The van der Waals surface area contributed by atoms with Gasteiger partial charge in [0.05, 0.1) is 17.5 Å². The van der Waals surface area contributed by atoms with E-state index in [1.165, 1.54) is 13.1 Å². The molecule has 3 fully saturated rings. The third kappa shape index (κ3) is 3.65. The monoisotopic (exact) mass is 659 g/mol. The number of halogens is 3. The number of amides is 4. The van der Waals surface area contributed by atoms with Gasteiger partial charge in [-0.1, -0.05) is 29.8 Å². The number of anilines is 1. The molecule has 4 aliphatic rings. The first kappa shape index (κ1) is 28.9. The number of imide groups is 2. The van der Waals surface area contributed by atoms with Crippen LogP contribution >= 0.6 is 23.2 Å². The molecule has 2 aliphatic heterocycles. The molecular formula is C34H24Cl2FN3O6. The van der Waals surface area contributed by atoms with Crippen LogP contribution in [0.3, 0.4) is 0 Å². The number of aromatic nitrogens is 1. The maximum Gasteiger partial charge on any atom is 0.253 e. The Morgan fingerprint density at radius 3 is 2.41 bits per heavy atom. The Morgan fingerprint density at radius 2 is 1.70 bits per heavy atom. The lowest BCUT2D eigenvalue weighted by Crippen LogP contribution is -2.60. The van der Waals surface area contributed by atoms with Crippen LogP contribution in [0.4, 0.5) is 10.1 Å². The average Bonchev–Trinajstić information content (AvgIpc) is 3.63. The minimum absolute atomic E-state index is 0.163. The number of likely N-dealkylation sites (tertiary alicyclic amines) is 1. The number of carbonyl (C=O) groups excluding carboxylic acids is 4. The number of carbonyl (C=O) groups is 4. The number of hydrogen-bond donors (Lipinski definition) is 1. The zero-order chi connectivity index (χ0) is 32.3. The van der Waals surface area contributed by atoms with Crippen molar-refractivity contribution < 1.29 is 33.1 Å². The van der Waals surface area contributed by atoms with E-state index in [4.69, 9.17) is 27.6 Å². The quantitative estimate of drug-likeness (QED) is 0.174. The molecule has 3 aromatic carbocycles. The molecule has 12 heteroatoms. The second kappa shape index (κ2) is 9.73. The predicted octanol–water partition coefficient (Wildman–Crippen LogP) is 5.53. The molecule has 2 aliphatic carbocycles. The van der Waals surface area contributed by atoms with E-state index in [1.54, 1.807) is 30.3 Å². The van der Waals surface area contributed by atoms with Gasteiger partial charge in [-0.15, -0.1) is 23.2 Å². The summed E-state index contributed by atoms with van der Waals surface area (Å²) in [4.78, 5) is 57.8. The van der Waals surface area contributed by atoms with Crippen LogP contribution in [0.25, 0.3) is 22.6 Å². The van der Waals surface area contributed by atoms with Crippen LogP contribution < -0.4 is 4.90 Å². The molecule has 9 nitrogen and oxygen atoms in total. The molecule has 232 valence electrons. The molecule has 1 saturated carbocycles. The summed E-state index contributed by atoms with van der Waals surface area (Å²) in [5.74, 6) is -7.02. The van der Waals surface area contributed by atoms with Crippen molar-refractivity contribution in [3.05, 3.63) is 89.8 Å². The van der Waals surface area contributed by atoms with Gasteiger partial charge in [0, 0.05) is 18.5 Å². The Morgan fingerprint density at radius 1 is 0.957 bits per heavy atom. The molecule has 8 rings (SSSR count). The lowest BCUT2D eigenvalue weighted by atomic mass is 9.56. The minimum Gasteiger partial charge on any atom is -0.505 e. The van der Waals surface area contributed by atoms with Crippen LogP contribution in [-0.2, 0) is 19.2 Å². The number of aromatic hydroxyl groups is 1. The van der Waals surface area contributed by atoms with Gasteiger partial charge in [-0.3, -0.25) is 29.0 Å². The first-order chi connectivity index (χ1) is 22.0. The number of fused-ring (bicyclic) bond motifs is 5. The van der Waals surface area contributed by atoms with Crippen LogP contribution in [0.1, 0.15) is 24.3 Å². The third-order valence-corrected chi connectivity index (χ3v) is 11.4. The average molecular weight is 660 g/mol. The Hall–Kier alpha value is -4.54. The molecule has 0 spiro atoms. The zero-order valence-corrected chi connectivity index (χ0v) is 25.6. The van der Waals surface area contributed by atoms with E-state index in [-0.39, 0.29) is 18.4 Å². The summed E-state index contributed by atoms with van der Waals surface area (Å²) in [5, 5.41) is 9.88. The molecule has 6 unspecified atom stereocenters. The molecule has 1 N–H and O–H groups in total. The number of rotatable bonds is 3. The van der Waals surface area contributed by atoms with E-state index in [1.807, 2.05) is 24.3 Å². The van der Waals surface area contributed by atoms with Gasteiger partial charge in [-0.05, 0) is 72.9 Å². The molecule has 2 saturated heterocycles. The minimum atomic E-state index is -2.04. The van der Waals surface area contributed by atoms with Gasteiger partial charge in [-0.2, -0.15) is 0 Å². The summed E-state index contributed by atoms with van der Waals surface area (Å²) in [6.07, 6.45) is 1.75. The van der Waals surface area contributed by atoms with Crippen molar-refractivity contribution in [2.75, 3.05) is 11.9 Å². The van der Waals surface area contributed by atoms with E-state index in [0.717, 1.165) is 21.9 Å². The summed E-state index contributed by atoms with van der Waals surface area (Å²) in [6.45, 7) is 0. The third-order valence-electron chi connectivity index (χ3n) is 9.99. The Bertz CT molecular complexity index is 2030. The standard InChI is InChI=1S/C34H24Cl2FN3O6/c1-39-31(44)33(35)15-21-19(27(34(33,36)32(39)45)17-8-13-24(41)22(37)14-17)11-12-20-26(21)30(43)40(29(20)42)18-9-6-16(7-10-18)28-38-23-4-2-3-5-25(23)46-28/h2-11,13-14,20-21,26-27,41H,12,15H2,1H3. The molecule has 4 amide bonds. The smallest absolute Gasteiger partial charge is 0.253 e. The fourth-order valence-corrected chi connectivity index (χ4v) is 8.84. The van der Waals surface area contributed by atoms with Crippen LogP contribution in [0.5, 0.6) is 5.75 Å². The van der Waals surface area contributed by atoms with Gasteiger partial charge >= 0.3 is 0 Å². The molecule has 6 atom stereocenters. The normalized spacial score (nSPS) is 30.5. The summed E-state index contributed by atoms with van der Waals surface area (Å²) in [6, 6.07) is 17.7. The highest BCUT2D eigenvalue weighted by molar-refractivity contribution is 6.53. The number of phenols is 1. The van der Waals surface area contributed by atoms with Crippen LogP contribution in [0.15, 0.2) is 82.8 Å².